The Kier molecular flexibility index (Phi) is 6.40. The van der Waals surface area contributed by atoms with Crippen molar-refractivity contribution < 1.29 is 14.0 Å². The normalized spacial score (nSPS) is 17.0. The zero-order valence-electron chi connectivity index (χ0n) is 18.7. The van der Waals surface area contributed by atoms with Gasteiger partial charge < -0.3 is 16.0 Å². The molecule has 1 saturated heterocycles. The number of nitrogens with one attached hydrogen (secondary N) is 1. The molecule has 0 aliphatic carbocycles. The van der Waals surface area contributed by atoms with E-state index in [4.69, 9.17) is 5.73 Å². The lowest BCUT2D eigenvalue weighted by atomic mass is 9.88. The molecule has 170 valence electrons. The number of nitrogens with zero attached hydrogens (tertiary/aromatic N) is 2. The minimum Gasteiger partial charge on any atom is -0.383 e. The lowest BCUT2D eigenvalue weighted by Crippen LogP contribution is -2.34. The number of amides is 2. The fourth-order valence-electron chi connectivity index (χ4n) is 4.14. The van der Waals surface area contributed by atoms with E-state index in [0.29, 0.717) is 24.1 Å². The summed E-state index contributed by atoms with van der Waals surface area (Å²) in [5, 5.41) is 2.83. The van der Waals surface area contributed by atoms with E-state index in [2.05, 4.69) is 10.3 Å². The number of piperidine rings is 1. The van der Waals surface area contributed by atoms with Crippen molar-refractivity contribution in [1.82, 2.24) is 15.2 Å². The van der Waals surface area contributed by atoms with Gasteiger partial charge in [-0.2, -0.15) is 0 Å². The van der Waals surface area contributed by atoms with Gasteiger partial charge >= 0.3 is 0 Å². The van der Waals surface area contributed by atoms with Crippen LogP contribution >= 0.6 is 0 Å². The number of anilines is 1. The molecule has 1 aromatic heterocycles. The van der Waals surface area contributed by atoms with E-state index in [0.717, 1.165) is 17.5 Å². The van der Waals surface area contributed by atoms with Crippen LogP contribution in [0.1, 0.15) is 53.2 Å². The van der Waals surface area contributed by atoms with Crippen LogP contribution in [-0.4, -0.2) is 35.3 Å². The van der Waals surface area contributed by atoms with Crippen molar-refractivity contribution in [3.05, 3.63) is 83.3 Å². The number of pyridine rings is 1. The minimum atomic E-state index is -0.635. The highest BCUT2D eigenvalue weighted by atomic mass is 19.1. The van der Waals surface area contributed by atoms with E-state index < -0.39 is 11.7 Å². The van der Waals surface area contributed by atoms with E-state index in [9.17, 15) is 14.0 Å². The standard InChI is InChI=1S/C26H27FN4O2/c1-16(17-6-4-3-5-7-17)30-26(33)21-9-8-19(13-23(21)27)22-12-20(15-29-25(22)28)18-10-11-31(2)24(32)14-18/h3-9,12-13,15-16,18H,10-11,14H2,1-2H3,(H2,28,29)(H,30,33)/t16?,18-/m0/s1. The number of likely N-dealkylation sites (tertiary alicyclic amines) is 1. The molecule has 3 N–H and O–H groups in total. The lowest BCUT2D eigenvalue weighted by Gasteiger charge is -2.29. The third kappa shape index (κ3) is 4.87. The second-order valence-corrected chi connectivity index (χ2v) is 8.51. The van der Waals surface area contributed by atoms with Gasteiger partial charge in [-0.05, 0) is 54.2 Å². The first-order valence-corrected chi connectivity index (χ1v) is 11.0. The molecule has 2 atom stereocenters. The van der Waals surface area contributed by atoms with Gasteiger partial charge in [-0.1, -0.05) is 36.4 Å². The Hall–Kier alpha value is -3.74. The van der Waals surface area contributed by atoms with E-state index in [1.807, 2.05) is 43.3 Å². The van der Waals surface area contributed by atoms with E-state index in [1.54, 1.807) is 24.2 Å². The molecule has 1 aliphatic rings. The number of carbonyl (C=O) groups excluding carboxylic acids is 2. The van der Waals surface area contributed by atoms with Gasteiger partial charge in [-0.25, -0.2) is 9.37 Å². The average molecular weight is 447 g/mol. The molecule has 0 radical (unpaired) electrons. The summed E-state index contributed by atoms with van der Waals surface area (Å²) in [6, 6.07) is 15.5. The van der Waals surface area contributed by atoms with Crippen LogP contribution in [0.3, 0.4) is 0 Å². The SMILES string of the molecule is CC(NC(=O)c1ccc(-c2cc([C@H]3CCN(C)C(=O)C3)cnc2N)cc1F)c1ccccc1. The summed E-state index contributed by atoms with van der Waals surface area (Å²) >= 11 is 0. The lowest BCUT2D eigenvalue weighted by molar-refractivity contribution is -0.132. The van der Waals surface area contributed by atoms with Crippen LogP contribution in [0.4, 0.5) is 10.2 Å². The summed E-state index contributed by atoms with van der Waals surface area (Å²) < 4.78 is 14.9. The van der Waals surface area contributed by atoms with Crippen molar-refractivity contribution in [3.8, 4) is 11.1 Å². The average Bonchev–Trinajstić information content (AvgIpc) is 2.81. The van der Waals surface area contributed by atoms with Crippen LogP contribution in [0, 0.1) is 5.82 Å². The highest BCUT2D eigenvalue weighted by molar-refractivity contribution is 5.95. The molecule has 1 aliphatic heterocycles. The zero-order valence-corrected chi connectivity index (χ0v) is 18.7. The molecule has 3 aromatic rings. The molecule has 0 saturated carbocycles. The number of hydrogen-bond acceptors (Lipinski definition) is 4. The zero-order chi connectivity index (χ0) is 23.5. The molecule has 1 fully saturated rings. The Morgan fingerprint density at radius 2 is 1.97 bits per heavy atom. The third-order valence-corrected chi connectivity index (χ3v) is 6.24. The summed E-state index contributed by atoms with van der Waals surface area (Å²) in [5.74, 6) is -0.706. The van der Waals surface area contributed by atoms with Gasteiger partial charge in [0.25, 0.3) is 5.91 Å². The molecule has 2 amide bonds. The molecular formula is C26H27FN4O2. The topological polar surface area (TPSA) is 88.3 Å². The monoisotopic (exact) mass is 446 g/mol. The molecule has 7 heteroatoms. The van der Waals surface area contributed by atoms with Crippen LogP contribution < -0.4 is 11.1 Å². The Morgan fingerprint density at radius 1 is 1.21 bits per heavy atom. The summed E-state index contributed by atoms with van der Waals surface area (Å²) in [7, 11) is 1.80. The number of halogens is 1. The van der Waals surface area contributed by atoms with Crippen LogP contribution in [0.25, 0.3) is 11.1 Å². The summed E-state index contributed by atoms with van der Waals surface area (Å²) in [6.45, 7) is 2.54. The number of carbonyl (C=O) groups is 2. The van der Waals surface area contributed by atoms with Crippen LogP contribution in [-0.2, 0) is 4.79 Å². The predicted molar refractivity (Wildman–Crippen MR) is 126 cm³/mol. The predicted octanol–water partition coefficient (Wildman–Crippen LogP) is 4.30. The maximum atomic E-state index is 14.9. The van der Waals surface area contributed by atoms with Crippen molar-refractivity contribution in [3.63, 3.8) is 0 Å². The van der Waals surface area contributed by atoms with E-state index >= 15 is 0 Å². The van der Waals surface area contributed by atoms with Gasteiger partial charge in [0.05, 0.1) is 11.6 Å². The number of rotatable bonds is 5. The first-order chi connectivity index (χ1) is 15.8. The Balaban J connectivity index is 1.55. The minimum absolute atomic E-state index is 0.0369. The third-order valence-electron chi connectivity index (χ3n) is 6.24. The maximum Gasteiger partial charge on any atom is 0.254 e. The van der Waals surface area contributed by atoms with Gasteiger partial charge in [-0.3, -0.25) is 9.59 Å². The molecular weight excluding hydrogens is 419 g/mol. The summed E-state index contributed by atoms with van der Waals surface area (Å²) in [4.78, 5) is 30.8. The van der Waals surface area contributed by atoms with Gasteiger partial charge in [0.1, 0.15) is 11.6 Å². The quantitative estimate of drug-likeness (QED) is 0.612. The Labute approximate surface area is 192 Å². The number of hydrogen-bond donors (Lipinski definition) is 2. The van der Waals surface area contributed by atoms with Crippen molar-refractivity contribution in [2.75, 3.05) is 19.3 Å². The largest absolute Gasteiger partial charge is 0.383 e. The van der Waals surface area contributed by atoms with Gasteiger partial charge in [0.15, 0.2) is 0 Å². The van der Waals surface area contributed by atoms with Crippen molar-refractivity contribution in [1.29, 1.82) is 0 Å². The molecule has 1 unspecified atom stereocenters. The molecule has 0 spiro atoms. The number of benzene rings is 2. The first-order valence-electron chi connectivity index (χ1n) is 11.0. The fraction of sp³-hybridized carbons (Fsp3) is 0.269. The van der Waals surface area contributed by atoms with Crippen LogP contribution in [0.15, 0.2) is 60.8 Å². The second-order valence-electron chi connectivity index (χ2n) is 8.51. The maximum absolute atomic E-state index is 14.9. The summed E-state index contributed by atoms with van der Waals surface area (Å²) in [6.07, 6.45) is 2.93. The number of aromatic nitrogens is 1. The van der Waals surface area contributed by atoms with Crippen molar-refractivity contribution in [2.24, 2.45) is 0 Å². The van der Waals surface area contributed by atoms with Crippen LogP contribution in [0.5, 0.6) is 0 Å². The van der Waals surface area contributed by atoms with E-state index in [1.165, 1.54) is 12.1 Å². The molecule has 2 aromatic carbocycles. The van der Waals surface area contributed by atoms with Gasteiger partial charge in [-0.15, -0.1) is 0 Å². The molecule has 4 rings (SSSR count). The highest BCUT2D eigenvalue weighted by Crippen LogP contribution is 2.33. The highest BCUT2D eigenvalue weighted by Gasteiger charge is 2.25. The molecule has 33 heavy (non-hydrogen) atoms. The van der Waals surface area contributed by atoms with Crippen molar-refractivity contribution in [2.45, 2.75) is 31.7 Å². The summed E-state index contributed by atoms with van der Waals surface area (Å²) in [5.41, 5.74) is 9.01. The fourth-order valence-corrected chi connectivity index (χ4v) is 4.14. The second kappa shape index (κ2) is 9.40. The first kappa shape index (κ1) is 22.5. The smallest absolute Gasteiger partial charge is 0.254 e. The van der Waals surface area contributed by atoms with E-state index in [-0.39, 0.29) is 29.2 Å². The Morgan fingerprint density at radius 3 is 2.67 bits per heavy atom. The van der Waals surface area contributed by atoms with Crippen LogP contribution in [0.2, 0.25) is 0 Å². The molecule has 2 heterocycles. The molecule has 0 bridgehead atoms. The van der Waals surface area contributed by atoms with Gasteiger partial charge in [0, 0.05) is 31.8 Å². The Bertz CT molecular complexity index is 1180. The van der Waals surface area contributed by atoms with Crippen molar-refractivity contribution >= 4 is 17.6 Å². The molecule has 6 nitrogen and oxygen atoms in total. The number of nitrogen functional groups attached to an aromatic ring is 1. The van der Waals surface area contributed by atoms with Gasteiger partial charge in [0.2, 0.25) is 5.91 Å². The number of nitrogens with two attached hydrogens (primary N) is 1.